The molecule has 0 bridgehead atoms. The summed E-state index contributed by atoms with van der Waals surface area (Å²) in [6, 6.07) is 7.15. The first kappa shape index (κ1) is 16.7. The zero-order valence-corrected chi connectivity index (χ0v) is 14.3. The summed E-state index contributed by atoms with van der Waals surface area (Å²) in [6.45, 7) is 2.56. The molecule has 128 valence electrons. The van der Waals surface area contributed by atoms with E-state index in [1.54, 1.807) is 12.1 Å². The third-order valence-corrected chi connectivity index (χ3v) is 6.88. The molecule has 1 aliphatic heterocycles. The molecule has 0 radical (unpaired) electrons. The fourth-order valence-electron chi connectivity index (χ4n) is 3.42. The Morgan fingerprint density at radius 1 is 1.35 bits per heavy atom. The van der Waals surface area contributed by atoms with E-state index in [4.69, 9.17) is 20.0 Å². The average Bonchev–Trinajstić information content (AvgIpc) is 3.40. The van der Waals surface area contributed by atoms with Crippen molar-refractivity contribution in [2.24, 2.45) is 17.1 Å². The molecule has 3 N–H and O–H groups in total. The molecular formula is C17H26N2O3S. The van der Waals surface area contributed by atoms with Gasteiger partial charge in [-0.3, -0.25) is 0 Å². The number of hydrogen-bond donors (Lipinski definition) is 2. The lowest BCUT2D eigenvalue weighted by molar-refractivity contribution is -0.0227. The number of nitrogens with two attached hydrogens (primary N) is 1. The van der Waals surface area contributed by atoms with Crippen molar-refractivity contribution < 1.29 is 13.7 Å². The van der Waals surface area contributed by atoms with E-state index in [1.165, 1.54) is 12.8 Å². The van der Waals surface area contributed by atoms with E-state index in [0.717, 1.165) is 32.0 Å². The van der Waals surface area contributed by atoms with Crippen LogP contribution in [0.25, 0.3) is 0 Å². The summed E-state index contributed by atoms with van der Waals surface area (Å²) in [5.41, 5.74) is 5.69. The molecule has 0 aromatic heterocycles. The second-order valence-electron chi connectivity index (χ2n) is 6.68. The number of rotatable bonds is 7. The molecule has 2 fully saturated rings. The van der Waals surface area contributed by atoms with Crippen molar-refractivity contribution in [3.05, 3.63) is 24.3 Å². The molecule has 6 heteroatoms. The van der Waals surface area contributed by atoms with Gasteiger partial charge < -0.3 is 15.2 Å². The Bertz CT molecular complexity index is 635. The van der Waals surface area contributed by atoms with Crippen LogP contribution in [-0.4, -0.2) is 36.3 Å². The molecule has 0 spiro atoms. The standard InChI is InChI=1S/C17H26N2O3S/c18-8-11-23(19,20)16-3-1-2-15(12-16)22-13-17(14-4-5-14)6-9-21-10-7-17/h1-3,12,14,19H,4-11,13,18H2. The van der Waals surface area contributed by atoms with Gasteiger partial charge in [-0.25, -0.2) is 8.99 Å². The number of ether oxygens (including phenoxy) is 2. The molecule has 5 nitrogen and oxygen atoms in total. The molecule has 1 unspecified atom stereocenters. The Morgan fingerprint density at radius 2 is 2.09 bits per heavy atom. The molecule has 23 heavy (non-hydrogen) atoms. The lowest BCUT2D eigenvalue weighted by atomic mass is 9.76. The third-order valence-electron chi connectivity index (χ3n) is 5.05. The fourth-order valence-corrected chi connectivity index (χ4v) is 4.60. The van der Waals surface area contributed by atoms with E-state index in [2.05, 4.69) is 0 Å². The predicted molar refractivity (Wildman–Crippen MR) is 90.2 cm³/mol. The van der Waals surface area contributed by atoms with E-state index >= 15 is 0 Å². The number of benzene rings is 1. The van der Waals surface area contributed by atoms with E-state index in [9.17, 15) is 4.21 Å². The third kappa shape index (κ3) is 3.87. The minimum absolute atomic E-state index is 0.180. The van der Waals surface area contributed by atoms with Crippen molar-refractivity contribution in [3.63, 3.8) is 0 Å². The molecule has 1 saturated carbocycles. The van der Waals surface area contributed by atoms with Crippen molar-refractivity contribution in [1.82, 2.24) is 0 Å². The second-order valence-corrected chi connectivity index (χ2v) is 8.91. The van der Waals surface area contributed by atoms with Gasteiger partial charge in [0, 0.05) is 30.9 Å². The summed E-state index contributed by atoms with van der Waals surface area (Å²) in [6.07, 6.45) is 4.69. The van der Waals surface area contributed by atoms with Gasteiger partial charge in [0.1, 0.15) is 5.75 Å². The molecule has 0 amide bonds. The van der Waals surface area contributed by atoms with E-state index < -0.39 is 9.73 Å². The van der Waals surface area contributed by atoms with Crippen LogP contribution in [0.5, 0.6) is 5.75 Å². The second kappa shape index (κ2) is 6.79. The normalized spacial score (nSPS) is 23.2. The van der Waals surface area contributed by atoms with E-state index in [1.807, 2.05) is 12.1 Å². The largest absolute Gasteiger partial charge is 0.493 e. The zero-order chi connectivity index (χ0) is 16.3. The van der Waals surface area contributed by atoms with Gasteiger partial charge in [-0.15, -0.1) is 0 Å². The van der Waals surface area contributed by atoms with Crippen LogP contribution in [-0.2, 0) is 14.5 Å². The number of nitrogens with one attached hydrogen (secondary N) is 1. The van der Waals surface area contributed by atoms with Gasteiger partial charge in [-0.1, -0.05) is 6.07 Å². The van der Waals surface area contributed by atoms with Crippen LogP contribution in [0.4, 0.5) is 0 Å². The monoisotopic (exact) mass is 338 g/mol. The smallest absolute Gasteiger partial charge is 0.120 e. The van der Waals surface area contributed by atoms with Crippen molar-refractivity contribution in [3.8, 4) is 5.75 Å². The van der Waals surface area contributed by atoms with Crippen LogP contribution in [0.3, 0.4) is 0 Å². The summed E-state index contributed by atoms with van der Waals surface area (Å²) >= 11 is 0. The Balaban J connectivity index is 1.70. The Labute approximate surface area is 138 Å². The van der Waals surface area contributed by atoms with Crippen molar-refractivity contribution in [2.45, 2.75) is 30.6 Å². The van der Waals surface area contributed by atoms with Crippen molar-refractivity contribution in [2.75, 3.05) is 32.1 Å². The minimum Gasteiger partial charge on any atom is -0.493 e. The molecule has 3 rings (SSSR count). The van der Waals surface area contributed by atoms with Gasteiger partial charge >= 0.3 is 0 Å². The highest BCUT2D eigenvalue weighted by Crippen LogP contribution is 2.51. The van der Waals surface area contributed by atoms with Gasteiger partial charge in [0.2, 0.25) is 0 Å². The van der Waals surface area contributed by atoms with Crippen molar-refractivity contribution in [1.29, 1.82) is 4.78 Å². The lowest BCUT2D eigenvalue weighted by Gasteiger charge is -2.37. The highest BCUT2D eigenvalue weighted by molar-refractivity contribution is 7.92. The minimum atomic E-state index is -2.82. The average molecular weight is 338 g/mol. The molecule has 1 atom stereocenters. The van der Waals surface area contributed by atoms with Gasteiger partial charge in [-0.05, 0) is 49.8 Å². The van der Waals surface area contributed by atoms with Crippen LogP contribution in [0.1, 0.15) is 25.7 Å². The summed E-state index contributed by atoms with van der Waals surface area (Å²) in [7, 11) is -2.82. The highest BCUT2D eigenvalue weighted by Gasteiger charge is 2.46. The summed E-state index contributed by atoms with van der Waals surface area (Å²) in [5.74, 6) is 1.64. The van der Waals surface area contributed by atoms with Gasteiger partial charge in [0.15, 0.2) is 0 Å². The van der Waals surface area contributed by atoms with Crippen LogP contribution >= 0.6 is 0 Å². The molecule has 1 aliphatic carbocycles. The predicted octanol–water partition coefficient (Wildman–Crippen LogP) is 2.64. The molecule has 1 heterocycles. The van der Waals surface area contributed by atoms with Crippen molar-refractivity contribution >= 4 is 9.73 Å². The summed E-state index contributed by atoms with van der Waals surface area (Å²) < 4.78 is 31.9. The summed E-state index contributed by atoms with van der Waals surface area (Å²) in [4.78, 5) is 0.507. The maximum absolute atomic E-state index is 12.3. The lowest BCUT2D eigenvalue weighted by Crippen LogP contribution is -2.37. The van der Waals surface area contributed by atoms with Crippen LogP contribution < -0.4 is 10.5 Å². The Hall–Kier alpha value is -1.11. The number of hydrogen-bond acceptors (Lipinski definition) is 5. The maximum atomic E-state index is 12.3. The molecule has 1 aromatic rings. The van der Waals surface area contributed by atoms with E-state index in [-0.39, 0.29) is 17.7 Å². The highest BCUT2D eigenvalue weighted by atomic mass is 32.2. The zero-order valence-electron chi connectivity index (χ0n) is 13.5. The maximum Gasteiger partial charge on any atom is 0.120 e. The molecular weight excluding hydrogens is 312 g/mol. The van der Waals surface area contributed by atoms with Crippen LogP contribution in [0.15, 0.2) is 29.2 Å². The molecule has 1 saturated heterocycles. The Morgan fingerprint density at radius 3 is 2.74 bits per heavy atom. The van der Waals surface area contributed by atoms with E-state index in [0.29, 0.717) is 17.3 Å². The Kier molecular flexibility index (Phi) is 4.94. The summed E-state index contributed by atoms with van der Waals surface area (Å²) in [5, 5.41) is 0. The van der Waals surface area contributed by atoms with Gasteiger partial charge in [-0.2, -0.15) is 0 Å². The topological polar surface area (TPSA) is 85.4 Å². The van der Waals surface area contributed by atoms with Crippen LogP contribution in [0, 0.1) is 16.1 Å². The van der Waals surface area contributed by atoms with Gasteiger partial charge in [0.25, 0.3) is 0 Å². The fraction of sp³-hybridized carbons (Fsp3) is 0.647. The first-order valence-corrected chi connectivity index (χ1v) is 10.1. The van der Waals surface area contributed by atoms with Crippen LogP contribution in [0.2, 0.25) is 0 Å². The first-order chi connectivity index (χ1) is 11.1. The van der Waals surface area contributed by atoms with Gasteiger partial charge in [0.05, 0.1) is 21.2 Å². The molecule has 2 aliphatic rings. The first-order valence-electron chi connectivity index (χ1n) is 8.33. The molecule has 1 aromatic carbocycles. The quantitative estimate of drug-likeness (QED) is 0.800. The SMILES string of the molecule is N=S(=O)(CCN)c1cccc(OCC2(C3CC3)CCOCC2)c1.